The molecule has 1 N–H and O–H groups in total. The van der Waals surface area contributed by atoms with E-state index in [1.54, 1.807) is 0 Å². The van der Waals surface area contributed by atoms with Gasteiger partial charge in [0.2, 0.25) is 5.91 Å². The van der Waals surface area contributed by atoms with Crippen molar-refractivity contribution in [2.45, 2.75) is 30.5 Å². The SMILES string of the molecule is CC1(C(=O)NCC2CN3CCOC[C@H]3CO2)C(c2ccc(Cl)o2)C(c2ccc(F)cc2F)=NN1c1ccc(F)cc1F. The fraction of sp³-hybridized carbons (Fsp3) is 0.379. The minimum atomic E-state index is -1.79. The number of hydrogen-bond acceptors (Lipinski definition) is 7. The first-order valence-corrected chi connectivity index (χ1v) is 13.8. The van der Waals surface area contributed by atoms with Gasteiger partial charge in [-0.25, -0.2) is 22.6 Å². The smallest absolute Gasteiger partial charge is 0.249 e. The molecule has 4 atom stereocenters. The van der Waals surface area contributed by atoms with Gasteiger partial charge < -0.3 is 19.2 Å². The number of amides is 1. The second-order valence-electron chi connectivity index (χ2n) is 10.6. The number of anilines is 1. The summed E-state index contributed by atoms with van der Waals surface area (Å²) < 4.78 is 75.4. The van der Waals surface area contributed by atoms with Crippen LogP contribution < -0.4 is 10.3 Å². The summed E-state index contributed by atoms with van der Waals surface area (Å²) in [5, 5.41) is 8.48. The molecule has 0 radical (unpaired) electrons. The van der Waals surface area contributed by atoms with Crippen LogP contribution in [0.25, 0.3) is 0 Å². The molecule has 0 bridgehead atoms. The van der Waals surface area contributed by atoms with E-state index >= 15 is 8.78 Å². The Morgan fingerprint density at radius 1 is 1.07 bits per heavy atom. The third-order valence-electron chi connectivity index (χ3n) is 7.97. The Kier molecular flexibility index (Phi) is 7.73. The summed E-state index contributed by atoms with van der Waals surface area (Å²) in [4.78, 5) is 16.5. The summed E-state index contributed by atoms with van der Waals surface area (Å²) in [6, 6.07) is 8.82. The molecule has 2 aromatic carbocycles. The fourth-order valence-electron chi connectivity index (χ4n) is 5.80. The summed E-state index contributed by atoms with van der Waals surface area (Å²) in [6.07, 6.45) is -0.337. The molecule has 2 saturated heterocycles. The van der Waals surface area contributed by atoms with Crippen molar-refractivity contribution < 1.29 is 36.2 Å². The molecule has 1 aromatic heterocycles. The Balaban J connectivity index is 1.40. The minimum absolute atomic E-state index is 0.00577. The Bertz CT molecular complexity index is 1540. The number of halogens is 5. The van der Waals surface area contributed by atoms with E-state index in [0.717, 1.165) is 29.8 Å². The van der Waals surface area contributed by atoms with Crippen LogP contribution in [-0.4, -0.2) is 73.7 Å². The van der Waals surface area contributed by atoms with Gasteiger partial charge in [0.15, 0.2) is 16.6 Å². The van der Waals surface area contributed by atoms with Gasteiger partial charge in [-0.2, -0.15) is 5.10 Å². The van der Waals surface area contributed by atoms with Gasteiger partial charge in [-0.1, -0.05) is 0 Å². The van der Waals surface area contributed by atoms with Crippen molar-refractivity contribution >= 4 is 28.9 Å². The predicted molar refractivity (Wildman–Crippen MR) is 146 cm³/mol. The molecule has 3 aliphatic rings. The molecule has 4 heterocycles. The Hall–Kier alpha value is -3.45. The quantitative estimate of drug-likeness (QED) is 0.417. The maximum absolute atomic E-state index is 15.3. The number of furan rings is 1. The van der Waals surface area contributed by atoms with Crippen molar-refractivity contribution in [1.82, 2.24) is 10.2 Å². The van der Waals surface area contributed by atoms with Crippen LogP contribution in [0.15, 0.2) is 58.0 Å². The molecule has 222 valence electrons. The number of carbonyl (C=O) groups is 1. The number of benzene rings is 2. The van der Waals surface area contributed by atoms with E-state index < -0.39 is 40.6 Å². The van der Waals surface area contributed by atoms with E-state index in [4.69, 9.17) is 25.5 Å². The first-order valence-electron chi connectivity index (χ1n) is 13.4. The van der Waals surface area contributed by atoms with E-state index in [1.807, 2.05) is 0 Å². The Morgan fingerprint density at radius 2 is 1.83 bits per heavy atom. The number of hydrazone groups is 1. The zero-order valence-corrected chi connectivity index (χ0v) is 23.2. The van der Waals surface area contributed by atoms with Crippen molar-refractivity contribution in [2.24, 2.45) is 5.10 Å². The molecule has 13 heteroatoms. The maximum Gasteiger partial charge on any atom is 0.249 e. The molecule has 0 aliphatic carbocycles. The minimum Gasteiger partial charge on any atom is -0.449 e. The molecular weight excluding hydrogens is 580 g/mol. The van der Waals surface area contributed by atoms with Gasteiger partial charge in [-0.05, 0) is 54.9 Å². The zero-order valence-electron chi connectivity index (χ0n) is 22.5. The number of nitrogens with one attached hydrogen (secondary N) is 1. The molecule has 3 aliphatic heterocycles. The van der Waals surface area contributed by atoms with Gasteiger partial charge in [-0.3, -0.25) is 9.69 Å². The van der Waals surface area contributed by atoms with E-state index in [0.29, 0.717) is 38.5 Å². The topological polar surface area (TPSA) is 79.5 Å². The Morgan fingerprint density at radius 3 is 2.55 bits per heavy atom. The summed E-state index contributed by atoms with van der Waals surface area (Å²) in [5.74, 6) is -5.22. The zero-order chi connectivity index (χ0) is 29.6. The van der Waals surface area contributed by atoms with Crippen LogP contribution in [0.4, 0.5) is 23.2 Å². The lowest BCUT2D eigenvalue weighted by molar-refractivity contribution is -0.131. The highest BCUT2D eigenvalue weighted by Gasteiger charge is 2.57. The first-order chi connectivity index (χ1) is 20.1. The number of nitrogens with zero attached hydrogens (tertiary/aromatic N) is 3. The number of rotatable bonds is 6. The molecule has 2 fully saturated rings. The van der Waals surface area contributed by atoms with E-state index in [-0.39, 0.29) is 46.6 Å². The lowest BCUT2D eigenvalue weighted by atomic mass is 9.78. The van der Waals surface area contributed by atoms with Crippen LogP contribution in [0.2, 0.25) is 5.22 Å². The van der Waals surface area contributed by atoms with Crippen molar-refractivity contribution in [3.05, 3.63) is 88.3 Å². The molecule has 3 aromatic rings. The van der Waals surface area contributed by atoms with Gasteiger partial charge in [-0.15, -0.1) is 0 Å². The lowest BCUT2D eigenvalue weighted by Gasteiger charge is -2.42. The predicted octanol–water partition coefficient (Wildman–Crippen LogP) is 4.47. The second-order valence-corrected chi connectivity index (χ2v) is 11.0. The van der Waals surface area contributed by atoms with Crippen LogP contribution >= 0.6 is 11.6 Å². The summed E-state index contributed by atoms with van der Waals surface area (Å²) >= 11 is 6.10. The van der Waals surface area contributed by atoms with Crippen molar-refractivity contribution in [2.75, 3.05) is 44.5 Å². The fourth-order valence-corrected chi connectivity index (χ4v) is 5.95. The largest absolute Gasteiger partial charge is 0.449 e. The van der Waals surface area contributed by atoms with E-state index in [1.165, 1.54) is 25.1 Å². The molecule has 6 rings (SSSR count). The van der Waals surface area contributed by atoms with Crippen LogP contribution in [0.1, 0.15) is 24.2 Å². The summed E-state index contributed by atoms with van der Waals surface area (Å²) in [6.45, 7) is 4.54. The third kappa shape index (κ3) is 5.17. The average molecular weight is 607 g/mol. The summed E-state index contributed by atoms with van der Waals surface area (Å²) in [7, 11) is 0. The van der Waals surface area contributed by atoms with Gasteiger partial charge >= 0.3 is 0 Å². The molecular formula is C29H27ClF4N4O4. The molecule has 42 heavy (non-hydrogen) atoms. The highest BCUT2D eigenvalue weighted by molar-refractivity contribution is 6.28. The first kappa shape index (κ1) is 28.7. The molecule has 0 saturated carbocycles. The monoisotopic (exact) mass is 606 g/mol. The average Bonchev–Trinajstić information content (AvgIpc) is 3.52. The number of hydrogen-bond donors (Lipinski definition) is 1. The highest BCUT2D eigenvalue weighted by atomic mass is 35.5. The van der Waals surface area contributed by atoms with Crippen LogP contribution in [0, 0.1) is 23.3 Å². The summed E-state index contributed by atoms with van der Waals surface area (Å²) in [5.41, 5.74) is -2.19. The number of ether oxygens (including phenoxy) is 2. The third-order valence-corrected chi connectivity index (χ3v) is 8.17. The normalized spacial score (nSPS) is 26.2. The van der Waals surface area contributed by atoms with Crippen LogP contribution in [0.5, 0.6) is 0 Å². The maximum atomic E-state index is 15.3. The second kappa shape index (κ2) is 11.3. The van der Waals surface area contributed by atoms with Gasteiger partial charge in [0.1, 0.15) is 23.2 Å². The van der Waals surface area contributed by atoms with E-state index in [2.05, 4.69) is 15.3 Å². The number of carbonyl (C=O) groups excluding carboxylic acids is 1. The van der Waals surface area contributed by atoms with Crippen molar-refractivity contribution in [1.29, 1.82) is 0 Å². The van der Waals surface area contributed by atoms with Crippen molar-refractivity contribution in [3.63, 3.8) is 0 Å². The lowest BCUT2D eigenvalue weighted by Crippen LogP contribution is -2.60. The molecule has 8 nitrogen and oxygen atoms in total. The molecule has 1 amide bonds. The van der Waals surface area contributed by atoms with Crippen LogP contribution in [-0.2, 0) is 14.3 Å². The Labute approximate surface area is 243 Å². The van der Waals surface area contributed by atoms with E-state index in [9.17, 15) is 13.6 Å². The van der Waals surface area contributed by atoms with Crippen molar-refractivity contribution in [3.8, 4) is 0 Å². The standard InChI is InChI=1S/C29H27ClF4N4O4/c1-29(28(39)35-12-19-13-37-8-9-40-14-18(37)15-41-19)26(24-6-7-25(30)42-24)27(20-4-2-16(31)10-21(20)33)36-38(29)23-5-3-17(32)11-22(23)34/h2-7,10-11,18-19,26H,8-9,12-15H2,1H3,(H,35,39)/t18-,19?,26?,29?/m0/s1. The van der Waals surface area contributed by atoms with Crippen LogP contribution in [0.3, 0.4) is 0 Å². The van der Waals surface area contributed by atoms with Gasteiger partial charge in [0, 0.05) is 37.3 Å². The highest BCUT2D eigenvalue weighted by Crippen LogP contribution is 2.46. The van der Waals surface area contributed by atoms with Gasteiger partial charge in [0.05, 0.1) is 49.3 Å². The molecule has 3 unspecified atom stereocenters. The molecule has 0 spiro atoms. The number of morpholine rings is 2. The number of fused-ring (bicyclic) bond motifs is 1. The van der Waals surface area contributed by atoms with Gasteiger partial charge in [0.25, 0.3) is 0 Å².